The molecule has 3 aromatic rings. The van der Waals surface area contributed by atoms with Crippen molar-refractivity contribution in [2.24, 2.45) is 0 Å². The normalized spacial score (nSPS) is 10.9. The number of hydrogen-bond donors (Lipinski definition) is 2. The highest BCUT2D eigenvalue weighted by Gasteiger charge is 2.17. The van der Waals surface area contributed by atoms with Crippen molar-refractivity contribution in [1.29, 1.82) is 0 Å². The molecule has 0 atom stereocenters. The second kappa shape index (κ2) is 11.9. The highest BCUT2D eigenvalue weighted by atomic mass is 35.5. The molecule has 0 bridgehead atoms. The van der Waals surface area contributed by atoms with Gasteiger partial charge in [-0.2, -0.15) is 0 Å². The Morgan fingerprint density at radius 1 is 1.09 bits per heavy atom. The lowest BCUT2D eigenvalue weighted by Crippen LogP contribution is -2.18. The number of aryl methyl sites for hydroxylation is 1. The zero-order valence-corrected chi connectivity index (χ0v) is 21.0. The van der Waals surface area contributed by atoms with Crippen molar-refractivity contribution in [3.8, 4) is 0 Å². The molecule has 0 radical (unpaired) electrons. The molecule has 1 heterocycles. The Balaban J connectivity index is 1.60. The summed E-state index contributed by atoms with van der Waals surface area (Å²) in [6, 6.07) is 13.2. The number of nitrogens with zero attached hydrogens (tertiary/aromatic N) is 3. The number of halogens is 1. The van der Waals surface area contributed by atoms with Crippen LogP contribution in [0.1, 0.15) is 36.7 Å². The molecule has 0 saturated carbocycles. The summed E-state index contributed by atoms with van der Waals surface area (Å²) >= 11 is 7.39. The number of aromatic nitrogens is 3. The van der Waals surface area contributed by atoms with Crippen LogP contribution in [0.2, 0.25) is 5.02 Å². The van der Waals surface area contributed by atoms with E-state index in [4.69, 9.17) is 11.6 Å². The molecule has 2 amide bonds. The molecule has 2 aromatic carbocycles. The van der Waals surface area contributed by atoms with Gasteiger partial charge >= 0.3 is 0 Å². The number of carbonyl (C=O) groups is 2. The van der Waals surface area contributed by atoms with Gasteiger partial charge in [0.2, 0.25) is 11.8 Å². The fourth-order valence-electron chi connectivity index (χ4n) is 3.17. The number of amides is 2. The van der Waals surface area contributed by atoms with E-state index in [0.29, 0.717) is 34.2 Å². The van der Waals surface area contributed by atoms with E-state index >= 15 is 0 Å². The lowest BCUT2D eigenvalue weighted by atomic mass is 10.0. The quantitative estimate of drug-likeness (QED) is 0.287. The lowest BCUT2D eigenvalue weighted by Gasteiger charge is -2.10. The van der Waals surface area contributed by atoms with Gasteiger partial charge in [0.25, 0.3) is 0 Å². The van der Waals surface area contributed by atoms with Crippen molar-refractivity contribution in [3.05, 3.63) is 77.1 Å². The van der Waals surface area contributed by atoms with E-state index in [1.165, 1.54) is 17.3 Å². The van der Waals surface area contributed by atoms with E-state index in [-0.39, 0.29) is 24.0 Å². The predicted molar refractivity (Wildman–Crippen MR) is 139 cm³/mol. The van der Waals surface area contributed by atoms with Crippen molar-refractivity contribution in [2.45, 2.75) is 44.8 Å². The molecule has 0 saturated heterocycles. The molecule has 0 spiro atoms. The molecule has 178 valence electrons. The van der Waals surface area contributed by atoms with Gasteiger partial charge in [-0.3, -0.25) is 9.59 Å². The first-order chi connectivity index (χ1) is 16.3. The Hall–Kier alpha value is -3.10. The number of allylic oxidation sites excluding steroid dienone is 1. The van der Waals surface area contributed by atoms with Crippen LogP contribution in [0.4, 0.5) is 11.4 Å². The Morgan fingerprint density at radius 2 is 1.76 bits per heavy atom. The van der Waals surface area contributed by atoms with E-state index in [2.05, 4.69) is 41.3 Å². The Morgan fingerprint density at radius 3 is 2.41 bits per heavy atom. The van der Waals surface area contributed by atoms with Gasteiger partial charge in [-0.05, 0) is 48.2 Å². The van der Waals surface area contributed by atoms with E-state index in [9.17, 15) is 9.59 Å². The van der Waals surface area contributed by atoms with E-state index < -0.39 is 0 Å². The van der Waals surface area contributed by atoms with Crippen molar-refractivity contribution >= 4 is 46.6 Å². The van der Waals surface area contributed by atoms with Crippen LogP contribution < -0.4 is 10.6 Å². The maximum absolute atomic E-state index is 12.5. The fourth-order valence-corrected chi connectivity index (χ4v) is 4.11. The summed E-state index contributed by atoms with van der Waals surface area (Å²) < 4.78 is 1.78. The first-order valence-electron chi connectivity index (χ1n) is 10.9. The summed E-state index contributed by atoms with van der Waals surface area (Å²) in [5.74, 6) is 0.697. The summed E-state index contributed by atoms with van der Waals surface area (Å²) in [5, 5.41) is 15.2. The maximum atomic E-state index is 12.5. The molecule has 2 N–H and O–H groups in total. The largest absolute Gasteiger partial charge is 0.326 e. The lowest BCUT2D eigenvalue weighted by molar-refractivity contribution is -0.116. The summed E-state index contributed by atoms with van der Waals surface area (Å²) in [7, 11) is 0. The van der Waals surface area contributed by atoms with Crippen LogP contribution in [0, 0.1) is 6.92 Å². The van der Waals surface area contributed by atoms with Crippen molar-refractivity contribution in [3.63, 3.8) is 0 Å². The van der Waals surface area contributed by atoms with E-state index in [1.807, 2.05) is 37.3 Å². The molecular formula is C25H28ClN5O2S. The Labute approximate surface area is 209 Å². The highest BCUT2D eigenvalue weighted by Crippen LogP contribution is 2.22. The summed E-state index contributed by atoms with van der Waals surface area (Å²) in [6.07, 6.45) is 1.73. The summed E-state index contributed by atoms with van der Waals surface area (Å²) in [6.45, 7) is 10.3. The minimum Gasteiger partial charge on any atom is -0.326 e. The molecule has 1 aromatic heterocycles. The van der Waals surface area contributed by atoms with Crippen LogP contribution in [0.15, 0.2) is 60.3 Å². The standard InChI is InChI=1S/C25H28ClN5O2S/c1-5-12-31-22(14-23(32)28-20-9-6-17(4)21(26)13-20)29-30-25(31)34-15-24(33)27-19-10-7-18(8-11-19)16(2)3/h5-11,13,16H,1,12,14-15H2,2-4H3,(H,27,33)(H,28,32). The average Bonchev–Trinajstić information content (AvgIpc) is 3.16. The molecule has 0 aliphatic rings. The van der Waals surface area contributed by atoms with E-state index in [0.717, 1.165) is 11.3 Å². The smallest absolute Gasteiger partial charge is 0.234 e. The van der Waals surface area contributed by atoms with Gasteiger partial charge in [0.05, 0.1) is 12.2 Å². The van der Waals surface area contributed by atoms with Crippen LogP contribution in [0.25, 0.3) is 0 Å². The number of carbonyl (C=O) groups excluding carboxylic acids is 2. The zero-order valence-electron chi connectivity index (χ0n) is 19.5. The first-order valence-corrected chi connectivity index (χ1v) is 12.2. The number of hydrogen-bond acceptors (Lipinski definition) is 5. The van der Waals surface area contributed by atoms with Gasteiger partial charge in [-0.25, -0.2) is 0 Å². The van der Waals surface area contributed by atoms with Gasteiger partial charge in [-0.1, -0.05) is 61.5 Å². The average molecular weight is 498 g/mol. The number of anilines is 2. The molecule has 3 rings (SSSR count). The third-order valence-electron chi connectivity index (χ3n) is 5.07. The van der Waals surface area contributed by atoms with Gasteiger partial charge in [0.1, 0.15) is 5.82 Å². The van der Waals surface area contributed by atoms with Crippen LogP contribution in [0.3, 0.4) is 0 Å². The monoisotopic (exact) mass is 497 g/mol. The first kappa shape index (κ1) is 25.5. The SMILES string of the molecule is C=CCn1c(CC(=O)Nc2ccc(C)c(Cl)c2)nnc1SCC(=O)Nc1ccc(C(C)C)cc1. The van der Waals surface area contributed by atoms with Crippen molar-refractivity contribution in [1.82, 2.24) is 14.8 Å². The number of benzene rings is 2. The number of nitrogens with one attached hydrogen (secondary N) is 2. The molecule has 34 heavy (non-hydrogen) atoms. The van der Waals surface area contributed by atoms with Crippen LogP contribution in [-0.2, 0) is 22.6 Å². The minimum absolute atomic E-state index is 0.0291. The van der Waals surface area contributed by atoms with Crippen LogP contribution in [-0.4, -0.2) is 32.3 Å². The number of thioether (sulfide) groups is 1. The number of rotatable bonds is 10. The van der Waals surface area contributed by atoms with Crippen LogP contribution >= 0.6 is 23.4 Å². The molecule has 7 nitrogen and oxygen atoms in total. The third-order valence-corrected chi connectivity index (χ3v) is 6.45. The highest BCUT2D eigenvalue weighted by molar-refractivity contribution is 7.99. The summed E-state index contributed by atoms with van der Waals surface area (Å²) in [4.78, 5) is 25.0. The molecule has 0 fully saturated rings. The van der Waals surface area contributed by atoms with Gasteiger partial charge in [0, 0.05) is 22.9 Å². The molecular weight excluding hydrogens is 470 g/mol. The Kier molecular flexibility index (Phi) is 8.90. The van der Waals surface area contributed by atoms with Gasteiger partial charge < -0.3 is 15.2 Å². The molecule has 0 unspecified atom stereocenters. The Bertz CT molecular complexity index is 1170. The topological polar surface area (TPSA) is 88.9 Å². The zero-order chi connectivity index (χ0) is 24.7. The predicted octanol–water partition coefficient (Wildman–Crippen LogP) is 5.46. The maximum Gasteiger partial charge on any atom is 0.234 e. The van der Waals surface area contributed by atoms with Crippen LogP contribution in [0.5, 0.6) is 0 Å². The van der Waals surface area contributed by atoms with Gasteiger partial charge in [-0.15, -0.1) is 16.8 Å². The molecule has 9 heteroatoms. The molecule has 0 aliphatic carbocycles. The summed E-state index contributed by atoms with van der Waals surface area (Å²) in [5.41, 5.74) is 3.51. The second-order valence-electron chi connectivity index (χ2n) is 8.10. The van der Waals surface area contributed by atoms with Crippen molar-refractivity contribution in [2.75, 3.05) is 16.4 Å². The van der Waals surface area contributed by atoms with Crippen molar-refractivity contribution < 1.29 is 9.59 Å². The van der Waals surface area contributed by atoms with E-state index in [1.54, 1.807) is 22.8 Å². The third kappa shape index (κ3) is 6.95. The fraction of sp³-hybridized carbons (Fsp3) is 0.280. The minimum atomic E-state index is -0.239. The molecule has 0 aliphatic heterocycles. The second-order valence-corrected chi connectivity index (χ2v) is 9.45. The van der Waals surface area contributed by atoms with Gasteiger partial charge in [0.15, 0.2) is 5.16 Å².